The van der Waals surface area contributed by atoms with Crippen LogP contribution in [0.25, 0.3) is 10.9 Å². The molecule has 0 aromatic carbocycles. The molecule has 0 aliphatic carbocycles. The van der Waals surface area contributed by atoms with E-state index < -0.39 is 12.2 Å². The molecule has 0 spiro atoms. The van der Waals surface area contributed by atoms with Crippen molar-refractivity contribution < 1.29 is 14.6 Å². The summed E-state index contributed by atoms with van der Waals surface area (Å²) >= 11 is 0. The van der Waals surface area contributed by atoms with E-state index in [1.165, 1.54) is 6.20 Å². The molecule has 3 aromatic rings. The molecule has 2 atom stereocenters. The zero-order valence-electron chi connectivity index (χ0n) is 13.6. The van der Waals surface area contributed by atoms with Crippen LogP contribution in [-0.2, 0) is 7.05 Å². The number of aryl methyl sites for hydroxylation is 1. The van der Waals surface area contributed by atoms with Crippen LogP contribution >= 0.6 is 0 Å². The van der Waals surface area contributed by atoms with Crippen molar-refractivity contribution in [2.45, 2.75) is 12.2 Å². The molecular weight excluding hydrogens is 322 g/mol. The highest BCUT2D eigenvalue weighted by atomic mass is 16.5. The van der Waals surface area contributed by atoms with E-state index in [-0.39, 0.29) is 12.5 Å². The second kappa shape index (κ2) is 6.14. The van der Waals surface area contributed by atoms with E-state index >= 15 is 0 Å². The van der Waals surface area contributed by atoms with Crippen LogP contribution in [0.4, 0.5) is 0 Å². The molecule has 0 bridgehead atoms. The van der Waals surface area contributed by atoms with Gasteiger partial charge in [-0.3, -0.25) is 19.4 Å². The molecule has 25 heavy (non-hydrogen) atoms. The van der Waals surface area contributed by atoms with Crippen molar-refractivity contribution in [3.63, 3.8) is 0 Å². The Labute approximate surface area is 143 Å². The number of rotatable bonds is 3. The quantitative estimate of drug-likeness (QED) is 0.752. The Morgan fingerprint density at radius 2 is 2.20 bits per heavy atom. The Kier molecular flexibility index (Phi) is 3.81. The molecule has 1 N–H and O–H groups in total. The van der Waals surface area contributed by atoms with E-state index in [1.807, 2.05) is 6.07 Å². The van der Waals surface area contributed by atoms with Gasteiger partial charge in [0.25, 0.3) is 5.91 Å². The summed E-state index contributed by atoms with van der Waals surface area (Å²) in [6.07, 6.45) is 6.93. The van der Waals surface area contributed by atoms with Crippen LogP contribution in [0.1, 0.15) is 10.4 Å². The number of pyridine rings is 2. The van der Waals surface area contributed by atoms with E-state index in [0.717, 1.165) is 10.9 Å². The lowest BCUT2D eigenvalue weighted by atomic mass is 10.2. The number of carbonyl (C=O) groups excluding carboxylic acids is 1. The van der Waals surface area contributed by atoms with Crippen molar-refractivity contribution in [2.24, 2.45) is 7.05 Å². The fraction of sp³-hybridized carbons (Fsp3) is 0.294. The minimum absolute atomic E-state index is 0.178. The van der Waals surface area contributed by atoms with E-state index in [9.17, 15) is 9.90 Å². The third-order valence-electron chi connectivity index (χ3n) is 4.23. The summed E-state index contributed by atoms with van der Waals surface area (Å²) in [5.41, 5.74) is 1.21. The number of likely N-dealkylation sites (tertiary alicyclic amines) is 1. The molecule has 3 aromatic heterocycles. The van der Waals surface area contributed by atoms with Crippen molar-refractivity contribution in [1.29, 1.82) is 0 Å². The van der Waals surface area contributed by atoms with Gasteiger partial charge in [0, 0.05) is 24.8 Å². The molecule has 1 fully saturated rings. The second-order valence-electron chi connectivity index (χ2n) is 6.08. The Balaban J connectivity index is 1.50. The molecule has 0 unspecified atom stereocenters. The van der Waals surface area contributed by atoms with Crippen LogP contribution in [0, 0.1) is 0 Å². The number of fused-ring (bicyclic) bond motifs is 1. The lowest BCUT2D eigenvalue weighted by Gasteiger charge is -2.16. The van der Waals surface area contributed by atoms with Crippen molar-refractivity contribution in [2.75, 3.05) is 13.1 Å². The normalized spacial score (nSPS) is 20.2. The molecule has 128 valence electrons. The number of hydrogen-bond donors (Lipinski definition) is 1. The highest BCUT2D eigenvalue weighted by Gasteiger charge is 2.36. The molecule has 0 saturated carbocycles. The van der Waals surface area contributed by atoms with Crippen molar-refractivity contribution in [3.8, 4) is 5.75 Å². The van der Waals surface area contributed by atoms with Gasteiger partial charge in [-0.15, -0.1) is 0 Å². The Bertz CT molecular complexity index is 925. The number of nitrogens with zero attached hydrogens (tertiary/aromatic N) is 5. The molecule has 1 amide bonds. The average Bonchev–Trinajstić information content (AvgIpc) is 3.20. The Morgan fingerprint density at radius 1 is 1.32 bits per heavy atom. The highest BCUT2D eigenvalue weighted by Crippen LogP contribution is 2.21. The molecule has 1 aliphatic heterocycles. The number of aliphatic hydroxyl groups is 1. The molecular formula is C17H17N5O3. The van der Waals surface area contributed by atoms with E-state index in [4.69, 9.17) is 4.74 Å². The predicted octanol–water partition coefficient (Wildman–Crippen LogP) is 0.628. The third-order valence-corrected chi connectivity index (χ3v) is 4.23. The van der Waals surface area contributed by atoms with Gasteiger partial charge in [-0.1, -0.05) is 0 Å². The van der Waals surface area contributed by atoms with Gasteiger partial charge in [-0.2, -0.15) is 5.10 Å². The van der Waals surface area contributed by atoms with Gasteiger partial charge in [0.15, 0.2) is 5.75 Å². The minimum atomic E-state index is -0.748. The van der Waals surface area contributed by atoms with Crippen LogP contribution in [0.15, 0.2) is 43.1 Å². The summed E-state index contributed by atoms with van der Waals surface area (Å²) in [4.78, 5) is 22.6. The third kappa shape index (κ3) is 3.03. The summed E-state index contributed by atoms with van der Waals surface area (Å²) in [6, 6.07) is 3.60. The number of β-amino-alcohol motifs (C(OH)–C–C–N with tert-alkyl or cyclic N) is 1. The van der Waals surface area contributed by atoms with Gasteiger partial charge in [0.1, 0.15) is 12.2 Å². The van der Waals surface area contributed by atoms with E-state index in [2.05, 4.69) is 15.1 Å². The number of aromatic nitrogens is 4. The molecule has 4 rings (SSSR count). The number of amides is 1. The maximum absolute atomic E-state index is 12.7. The molecule has 1 aliphatic rings. The van der Waals surface area contributed by atoms with Crippen LogP contribution in [0.3, 0.4) is 0 Å². The van der Waals surface area contributed by atoms with Crippen molar-refractivity contribution >= 4 is 16.8 Å². The first-order valence-electron chi connectivity index (χ1n) is 7.92. The van der Waals surface area contributed by atoms with E-state index in [1.54, 1.807) is 47.5 Å². The molecule has 8 heteroatoms. The van der Waals surface area contributed by atoms with Crippen LogP contribution < -0.4 is 4.74 Å². The van der Waals surface area contributed by atoms with Crippen molar-refractivity contribution in [3.05, 3.63) is 48.7 Å². The summed E-state index contributed by atoms with van der Waals surface area (Å²) in [5, 5.41) is 15.1. The summed E-state index contributed by atoms with van der Waals surface area (Å²) in [7, 11) is 1.79. The minimum Gasteiger partial charge on any atom is -0.482 e. The molecule has 0 radical (unpaired) electrons. The monoisotopic (exact) mass is 339 g/mol. The van der Waals surface area contributed by atoms with Gasteiger partial charge in [-0.05, 0) is 12.1 Å². The standard InChI is InChI=1S/C17H17N5O3/c1-21-8-13(6-20-21)25-16-10-22(9-15(16)23)17(24)12-4-11-2-3-18-7-14(11)19-5-12/h2-8,15-16,23H,9-10H2,1H3/t15-,16-/m1/s1. The van der Waals surface area contributed by atoms with Gasteiger partial charge < -0.3 is 14.7 Å². The maximum atomic E-state index is 12.7. The Hall–Kier alpha value is -3.00. The van der Waals surface area contributed by atoms with Gasteiger partial charge in [0.05, 0.1) is 42.8 Å². The molecule has 4 heterocycles. The number of hydrogen-bond acceptors (Lipinski definition) is 6. The SMILES string of the molecule is Cn1cc(O[C@@H]2CN(C(=O)c3cnc4cnccc4c3)C[C@H]2O)cn1. The fourth-order valence-electron chi connectivity index (χ4n) is 2.94. The topological polar surface area (TPSA) is 93.4 Å². The largest absolute Gasteiger partial charge is 0.482 e. The zero-order chi connectivity index (χ0) is 17.4. The van der Waals surface area contributed by atoms with Gasteiger partial charge in [0.2, 0.25) is 0 Å². The predicted molar refractivity (Wildman–Crippen MR) is 89.1 cm³/mol. The van der Waals surface area contributed by atoms with Crippen LogP contribution in [0.5, 0.6) is 5.75 Å². The van der Waals surface area contributed by atoms with Crippen molar-refractivity contribution in [1.82, 2.24) is 24.6 Å². The van der Waals surface area contributed by atoms with Gasteiger partial charge in [-0.25, -0.2) is 0 Å². The first-order chi connectivity index (χ1) is 12.1. The first kappa shape index (κ1) is 15.5. The van der Waals surface area contributed by atoms with Crippen LogP contribution in [-0.4, -0.2) is 61.0 Å². The summed E-state index contributed by atoms with van der Waals surface area (Å²) in [6.45, 7) is 0.529. The van der Waals surface area contributed by atoms with Gasteiger partial charge >= 0.3 is 0 Å². The number of aliphatic hydroxyl groups excluding tert-OH is 1. The second-order valence-corrected chi connectivity index (χ2v) is 6.08. The van der Waals surface area contributed by atoms with Crippen LogP contribution in [0.2, 0.25) is 0 Å². The maximum Gasteiger partial charge on any atom is 0.255 e. The number of ether oxygens (including phenoxy) is 1. The lowest BCUT2D eigenvalue weighted by Crippen LogP contribution is -2.31. The number of carbonyl (C=O) groups is 1. The Morgan fingerprint density at radius 3 is 3.00 bits per heavy atom. The zero-order valence-corrected chi connectivity index (χ0v) is 13.6. The highest BCUT2D eigenvalue weighted by molar-refractivity contribution is 5.97. The van der Waals surface area contributed by atoms with E-state index in [0.29, 0.717) is 17.9 Å². The first-order valence-corrected chi connectivity index (χ1v) is 7.92. The summed E-state index contributed by atoms with van der Waals surface area (Å²) in [5.74, 6) is 0.392. The fourth-order valence-corrected chi connectivity index (χ4v) is 2.94. The summed E-state index contributed by atoms with van der Waals surface area (Å²) < 4.78 is 7.36. The smallest absolute Gasteiger partial charge is 0.255 e. The molecule has 8 nitrogen and oxygen atoms in total. The lowest BCUT2D eigenvalue weighted by molar-refractivity contribution is 0.0729. The molecule has 1 saturated heterocycles. The average molecular weight is 339 g/mol.